The fraction of sp³-hybridized carbons (Fsp3) is 0.316. The Morgan fingerprint density at radius 1 is 0.755 bits per heavy atom. The van der Waals surface area contributed by atoms with Crippen molar-refractivity contribution in [2.45, 2.75) is 64.7 Å². The predicted octanol–water partition coefficient (Wildman–Crippen LogP) is 11.0. The molecule has 53 heavy (non-hydrogen) atoms. The smallest absolute Gasteiger partial charge is 0.416 e. The number of fused-ring (bicyclic) bond motifs is 1. The minimum Gasteiger partial charge on any atom is -0.496 e. The number of alkyl halides is 9. The highest BCUT2D eigenvalue weighted by atomic mass is 19.4. The Hall–Kier alpha value is -5.21. The predicted molar refractivity (Wildman–Crippen MR) is 179 cm³/mol. The number of carbonyl (C=O) groups is 2. The molecule has 0 aromatic heterocycles. The second-order valence-electron chi connectivity index (χ2n) is 12.5. The zero-order valence-electron chi connectivity index (χ0n) is 27.7. The summed E-state index contributed by atoms with van der Waals surface area (Å²) in [4.78, 5) is 25.6. The maximum atomic E-state index is 13.7. The monoisotopic (exact) mass is 754 g/mol. The average molecular weight is 755 g/mol. The maximum Gasteiger partial charge on any atom is 0.416 e. The van der Waals surface area contributed by atoms with E-state index in [4.69, 9.17) is 4.74 Å². The summed E-state index contributed by atoms with van der Waals surface area (Å²) in [5.74, 6) is -0.551. The van der Waals surface area contributed by atoms with Crippen molar-refractivity contribution in [2.24, 2.45) is 0 Å². The number of urea groups is 1. The molecule has 6 rings (SSSR count). The molecular formula is C38H35F9N2O4. The number of benzene rings is 4. The fourth-order valence-electron chi connectivity index (χ4n) is 6.57. The number of hydrogen-bond donors (Lipinski definition) is 2. The highest BCUT2D eigenvalue weighted by Gasteiger charge is 2.44. The SMILES string of the molecule is C.COc1ccc(-c2ccc(C(=O)O)cc2C)cc1-c1ccc(C(F)(F)F)cc1[C@@H]1CC[C@H]2CNC(=O)N21.Cc1cc(C(F)(F)F)cc(C(F)(F)F)c1. The Balaban J connectivity index is 0.000000331. The van der Waals surface area contributed by atoms with Crippen molar-refractivity contribution in [3.05, 3.63) is 112 Å². The van der Waals surface area contributed by atoms with Crippen molar-refractivity contribution in [3.8, 4) is 28.0 Å². The summed E-state index contributed by atoms with van der Waals surface area (Å²) in [7, 11) is 1.49. The van der Waals surface area contributed by atoms with Crippen LogP contribution in [-0.4, -0.2) is 41.7 Å². The van der Waals surface area contributed by atoms with Crippen molar-refractivity contribution >= 4 is 12.0 Å². The van der Waals surface area contributed by atoms with Crippen LogP contribution in [0.1, 0.15) is 70.0 Å². The quantitative estimate of drug-likeness (QED) is 0.199. The Labute approximate surface area is 299 Å². The standard InChI is InChI=1S/C28H25F3N2O4.C9H6F6.CH4/c1-15-11-17(26(34)35)3-7-20(15)16-4-10-25(37-2)23(12-16)21-8-5-18(28(29,30)31)13-22(21)24-9-6-19-14-32-27(36)33(19)24;1-5-2-6(8(10,11)12)4-7(3-5)9(13,14)15;/h3-5,7-8,10-13,19,24H,6,9,14H2,1-2H3,(H,32,36)(H,34,35);2-4H,1H3;1H4/t19-,24-;;/m0../s1. The second-order valence-corrected chi connectivity index (χ2v) is 12.5. The van der Waals surface area contributed by atoms with Crippen LogP contribution in [-0.2, 0) is 18.5 Å². The van der Waals surface area contributed by atoms with Crippen LogP contribution in [0.15, 0.2) is 72.8 Å². The molecule has 2 N–H and O–H groups in total. The van der Waals surface area contributed by atoms with Gasteiger partial charge in [0.25, 0.3) is 0 Å². The van der Waals surface area contributed by atoms with Gasteiger partial charge in [-0.05, 0) is 115 Å². The van der Waals surface area contributed by atoms with E-state index in [2.05, 4.69) is 5.32 Å². The summed E-state index contributed by atoms with van der Waals surface area (Å²) >= 11 is 0. The van der Waals surface area contributed by atoms with Crippen LogP contribution in [0.25, 0.3) is 22.3 Å². The summed E-state index contributed by atoms with van der Waals surface area (Å²) < 4.78 is 120. The topological polar surface area (TPSA) is 78.9 Å². The first-order valence-corrected chi connectivity index (χ1v) is 15.7. The van der Waals surface area contributed by atoms with E-state index in [9.17, 15) is 54.2 Å². The van der Waals surface area contributed by atoms with Crippen molar-refractivity contribution in [2.75, 3.05) is 13.7 Å². The first-order chi connectivity index (χ1) is 24.2. The lowest BCUT2D eigenvalue weighted by molar-refractivity contribution is -0.143. The number of carboxylic acid groups (broad SMARTS) is 1. The van der Waals surface area contributed by atoms with Gasteiger partial charge in [-0.25, -0.2) is 9.59 Å². The molecule has 2 fully saturated rings. The molecule has 2 amide bonds. The zero-order valence-corrected chi connectivity index (χ0v) is 27.7. The van der Waals surface area contributed by atoms with Gasteiger partial charge in [-0.3, -0.25) is 0 Å². The molecule has 2 saturated heterocycles. The van der Waals surface area contributed by atoms with E-state index in [1.807, 2.05) is 12.1 Å². The highest BCUT2D eigenvalue weighted by Crippen LogP contribution is 2.46. The third-order valence-corrected chi connectivity index (χ3v) is 8.97. The lowest BCUT2D eigenvalue weighted by Gasteiger charge is -2.27. The van der Waals surface area contributed by atoms with Crippen molar-refractivity contribution in [1.29, 1.82) is 0 Å². The first kappa shape index (κ1) is 40.6. The Morgan fingerprint density at radius 2 is 1.36 bits per heavy atom. The summed E-state index contributed by atoms with van der Waals surface area (Å²) in [6, 6.07) is 14.5. The largest absolute Gasteiger partial charge is 0.496 e. The Morgan fingerprint density at radius 3 is 1.91 bits per heavy atom. The van der Waals surface area contributed by atoms with Gasteiger partial charge in [0.05, 0.1) is 41.4 Å². The van der Waals surface area contributed by atoms with Crippen LogP contribution < -0.4 is 10.1 Å². The fourth-order valence-corrected chi connectivity index (χ4v) is 6.57. The highest BCUT2D eigenvalue weighted by molar-refractivity contribution is 5.89. The van der Waals surface area contributed by atoms with Gasteiger partial charge in [0.15, 0.2) is 0 Å². The molecule has 0 bridgehead atoms. The normalized spacial score (nSPS) is 17.0. The third-order valence-electron chi connectivity index (χ3n) is 8.97. The molecule has 2 aliphatic heterocycles. The number of carbonyl (C=O) groups excluding carboxylic acids is 1. The Kier molecular flexibility index (Phi) is 11.5. The van der Waals surface area contributed by atoms with Gasteiger partial charge in [0, 0.05) is 12.1 Å². The van der Waals surface area contributed by atoms with E-state index in [0.717, 1.165) is 28.8 Å². The number of nitrogens with zero attached hydrogens (tertiary/aromatic N) is 1. The van der Waals surface area contributed by atoms with Crippen molar-refractivity contribution in [3.63, 3.8) is 0 Å². The molecular weight excluding hydrogens is 719 g/mol. The van der Waals surface area contributed by atoms with Gasteiger partial charge < -0.3 is 20.1 Å². The number of ether oxygens (including phenoxy) is 1. The van der Waals surface area contributed by atoms with Crippen LogP contribution in [0.4, 0.5) is 44.3 Å². The van der Waals surface area contributed by atoms with Crippen LogP contribution in [0.3, 0.4) is 0 Å². The molecule has 2 heterocycles. The summed E-state index contributed by atoms with van der Waals surface area (Å²) in [6.45, 7) is 3.47. The molecule has 0 unspecified atom stereocenters. The number of amides is 2. The van der Waals surface area contributed by atoms with E-state index in [0.29, 0.717) is 54.0 Å². The van der Waals surface area contributed by atoms with Gasteiger partial charge in [-0.15, -0.1) is 0 Å². The van der Waals surface area contributed by atoms with E-state index in [-0.39, 0.29) is 36.7 Å². The molecule has 2 atom stereocenters. The van der Waals surface area contributed by atoms with Gasteiger partial charge in [0.2, 0.25) is 0 Å². The summed E-state index contributed by atoms with van der Waals surface area (Å²) in [5, 5.41) is 12.1. The van der Waals surface area contributed by atoms with Crippen LogP contribution in [0.5, 0.6) is 5.75 Å². The van der Waals surface area contributed by atoms with E-state index < -0.39 is 47.2 Å². The van der Waals surface area contributed by atoms with E-state index in [1.165, 1.54) is 26.2 Å². The number of nitrogens with one attached hydrogen (secondary N) is 1. The maximum absolute atomic E-state index is 13.7. The third kappa shape index (κ3) is 8.71. The molecule has 0 aliphatic carbocycles. The molecule has 284 valence electrons. The second kappa shape index (κ2) is 15.0. The van der Waals surface area contributed by atoms with Gasteiger partial charge in [-0.1, -0.05) is 25.6 Å². The zero-order chi connectivity index (χ0) is 38.3. The number of methoxy groups -OCH3 is 1. The van der Waals surface area contributed by atoms with Gasteiger partial charge in [-0.2, -0.15) is 39.5 Å². The van der Waals surface area contributed by atoms with Gasteiger partial charge >= 0.3 is 30.5 Å². The van der Waals surface area contributed by atoms with Crippen LogP contribution >= 0.6 is 0 Å². The Bertz CT molecular complexity index is 1970. The molecule has 0 radical (unpaired) electrons. The number of aryl methyl sites for hydroxylation is 2. The number of hydrogen-bond acceptors (Lipinski definition) is 3. The molecule has 6 nitrogen and oxygen atoms in total. The lowest BCUT2D eigenvalue weighted by Crippen LogP contribution is -2.32. The molecule has 0 spiro atoms. The summed E-state index contributed by atoms with van der Waals surface area (Å²) in [5.41, 5.74) is 0.622. The number of halogens is 9. The summed E-state index contributed by atoms with van der Waals surface area (Å²) in [6.07, 6.45) is -12.8. The molecule has 4 aromatic carbocycles. The van der Waals surface area contributed by atoms with E-state index in [1.54, 1.807) is 30.0 Å². The number of aromatic carboxylic acids is 1. The minimum absolute atomic E-state index is 0. The first-order valence-electron chi connectivity index (χ1n) is 15.7. The molecule has 2 aliphatic rings. The van der Waals surface area contributed by atoms with Gasteiger partial charge in [0.1, 0.15) is 5.75 Å². The lowest BCUT2D eigenvalue weighted by atomic mass is 9.89. The number of rotatable bonds is 5. The van der Waals surface area contributed by atoms with Crippen LogP contribution in [0, 0.1) is 13.8 Å². The number of carboxylic acids is 1. The minimum atomic E-state index is -4.76. The van der Waals surface area contributed by atoms with Crippen molar-refractivity contribution < 1.29 is 58.9 Å². The van der Waals surface area contributed by atoms with E-state index >= 15 is 0 Å². The molecule has 4 aromatic rings. The average Bonchev–Trinajstić information content (AvgIpc) is 3.65. The molecule has 15 heteroatoms. The molecule has 0 saturated carbocycles. The van der Waals surface area contributed by atoms with Crippen molar-refractivity contribution in [1.82, 2.24) is 10.2 Å². The van der Waals surface area contributed by atoms with Crippen LogP contribution in [0.2, 0.25) is 0 Å².